The van der Waals surface area contributed by atoms with E-state index in [1.54, 1.807) is 0 Å². The van der Waals surface area contributed by atoms with Crippen molar-refractivity contribution in [1.29, 1.82) is 0 Å². The maximum Gasteiger partial charge on any atom is 0.472 e. The molecule has 5 unspecified atom stereocenters. The molecule has 19 heteroatoms. The Kier molecular flexibility index (Phi) is 67.4. The lowest BCUT2D eigenvalue weighted by molar-refractivity contribution is -0.161. The summed E-state index contributed by atoms with van der Waals surface area (Å²) in [5, 5.41) is 10.6. The van der Waals surface area contributed by atoms with Crippen LogP contribution in [0.1, 0.15) is 336 Å². The highest BCUT2D eigenvalue weighted by Crippen LogP contribution is 2.45. The second kappa shape index (κ2) is 70.0. The minimum atomic E-state index is -4.98. The van der Waals surface area contributed by atoms with Gasteiger partial charge in [-0.15, -0.1) is 0 Å². The summed E-state index contributed by atoms with van der Waals surface area (Å²) in [4.78, 5) is 72.7. The van der Waals surface area contributed by atoms with E-state index in [1.165, 1.54) is 128 Å². The maximum absolute atomic E-state index is 13.1. The molecule has 0 spiro atoms. The number of esters is 4. The fourth-order valence-electron chi connectivity index (χ4n) is 10.4. The van der Waals surface area contributed by atoms with Gasteiger partial charge in [0.2, 0.25) is 0 Å². The molecule has 0 aliphatic heterocycles. The standard InChI is InChI=1S/C77H138O17P2/c1-5-9-13-17-21-25-29-32-34-35-37-40-43-46-50-54-58-62-75(80)87-67-72(93-76(81)63-59-55-51-47-41-28-24-20-16-12-8-4)69-91-95(83,84)89-65-71(78)66-90-96(85,86)92-70-73(94-77(82)64-60-56-52-48-44-38-31-27-23-19-15-11-7-3)68-88-74(79)61-57-53-49-45-42-39-36-33-30-26-22-18-14-10-6-2/h9,13,21,25,32-34,36-37,40,46,50,71-73,78H,5-8,10-12,14-20,22-24,26-31,35,38-39,41-45,47-49,51-70H2,1-4H3,(H,83,84)(H,85,86)/b13-9-,25-21-,34-32-,36-33-,40-37-,50-46-. The summed E-state index contributed by atoms with van der Waals surface area (Å²) in [5.41, 5.74) is 0. The van der Waals surface area contributed by atoms with Crippen LogP contribution in [0.25, 0.3) is 0 Å². The van der Waals surface area contributed by atoms with Gasteiger partial charge < -0.3 is 33.8 Å². The third-order valence-corrected chi connectivity index (χ3v) is 18.1. The maximum atomic E-state index is 13.1. The van der Waals surface area contributed by atoms with Crippen LogP contribution in [-0.4, -0.2) is 96.7 Å². The molecule has 558 valence electrons. The topological polar surface area (TPSA) is 237 Å². The number of aliphatic hydroxyl groups is 1. The smallest absolute Gasteiger partial charge is 0.462 e. The largest absolute Gasteiger partial charge is 0.472 e. The van der Waals surface area contributed by atoms with Crippen LogP contribution in [0, 0.1) is 0 Å². The monoisotopic (exact) mass is 1400 g/mol. The van der Waals surface area contributed by atoms with E-state index in [9.17, 15) is 43.2 Å². The predicted octanol–water partition coefficient (Wildman–Crippen LogP) is 21.7. The number of hydrogen-bond acceptors (Lipinski definition) is 15. The van der Waals surface area contributed by atoms with E-state index in [0.717, 1.165) is 122 Å². The Morgan fingerprint density at radius 2 is 0.552 bits per heavy atom. The number of carbonyl (C=O) groups is 4. The predicted molar refractivity (Wildman–Crippen MR) is 390 cm³/mol. The third-order valence-electron chi connectivity index (χ3n) is 16.2. The van der Waals surface area contributed by atoms with Crippen LogP contribution in [0.2, 0.25) is 0 Å². The zero-order valence-corrected chi connectivity index (χ0v) is 62.6. The molecule has 0 aliphatic carbocycles. The first-order chi connectivity index (χ1) is 46.7. The van der Waals surface area contributed by atoms with Gasteiger partial charge in [-0.2, -0.15) is 0 Å². The van der Waals surface area contributed by atoms with Crippen molar-refractivity contribution < 1.29 is 80.2 Å². The summed E-state index contributed by atoms with van der Waals surface area (Å²) in [5.74, 6) is -2.22. The van der Waals surface area contributed by atoms with E-state index in [1.807, 2.05) is 12.2 Å². The summed E-state index contributed by atoms with van der Waals surface area (Å²) in [7, 11) is -9.95. The van der Waals surface area contributed by atoms with Gasteiger partial charge in [0.05, 0.1) is 26.4 Å². The number of unbranched alkanes of at least 4 members (excludes halogenated alkanes) is 34. The minimum absolute atomic E-state index is 0.0867. The van der Waals surface area contributed by atoms with Crippen molar-refractivity contribution in [1.82, 2.24) is 0 Å². The molecule has 5 atom stereocenters. The fourth-order valence-corrected chi connectivity index (χ4v) is 11.9. The first-order valence-corrected chi connectivity index (χ1v) is 41.2. The highest BCUT2D eigenvalue weighted by Gasteiger charge is 2.30. The molecule has 17 nitrogen and oxygen atoms in total. The number of phosphoric acid groups is 2. The Hall–Kier alpha value is -3.50. The molecule has 0 rings (SSSR count). The van der Waals surface area contributed by atoms with E-state index in [2.05, 4.69) is 88.5 Å². The molecule has 0 aromatic heterocycles. The van der Waals surface area contributed by atoms with Gasteiger partial charge in [0.1, 0.15) is 19.3 Å². The molecule has 0 aromatic carbocycles. The molecule has 0 amide bonds. The number of hydrogen-bond donors (Lipinski definition) is 3. The average Bonchev–Trinajstić information content (AvgIpc) is 1.13. The lowest BCUT2D eigenvalue weighted by Crippen LogP contribution is -2.30. The Labute approximate surface area is 583 Å². The minimum Gasteiger partial charge on any atom is -0.462 e. The van der Waals surface area contributed by atoms with Crippen LogP contribution >= 0.6 is 15.6 Å². The number of rotatable bonds is 72. The quantitative estimate of drug-likeness (QED) is 0.0169. The van der Waals surface area contributed by atoms with Crippen LogP contribution in [0.3, 0.4) is 0 Å². The Morgan fingerprint density at radius 1 is 0.302 bits per heavy atom. The number of allylic oxidation sites excluding steroid dienone is 12. The van der Waals surface area contributed by atoms with E-state index in [-0.39, 0.29) is 25.7 Å². The highest BCUT2D eigenvalue weighted by atomic mass is 31.2. The molecule has 96 heavy (non-hydrogen) atoms. The number of aliphatic hydroxyl groups excluding tert-OH is 1. The molecule has 0 radical (unpaired) electrons. The number of phosphoric ester groups is 2. The van der Waals surface area contributed by atoms with Gasteiger partial charge in [0.25, 0.3) is 0 Å². The van der Waals surface area contributed by atoms with Gasteiger partial charge in [0, 0.05) is 25.7 Å². The molecule has 0 heterocycles. The first-order valence-electron chi connectivity index (χ1n) is 38.2. The highest BCUT2D eigenvalue weighted by molar-refractivity contribution is 7.47. The van der Waals surface area contributed by atoms with Crippen molar-refractivity contribution in [3.05, 3.63) is 72.9 Å². The van der Waals surface area contributed by atoms with Crippen molar-refractivity contribution >= 4 is 39.5 Å². The van der Waals surface area contributed by atoms with Crippen molar-refractivity contribution in [3.63, 3.8) is 0 Å². The number of carbonyl (C=O) groups excluding carboxylic acids is 4. The van der Waals surface area contributed by atoms with Crippen molar-refractivity contribution in [2.45, 2.75) is 354 Å². The Bertz CT molecular complexity index is 2110. The summed E-state index contributed by atoms with van der Waals surface area (Å²) in [6, 6.07) is 0. The van der Waals surface area contributed by atoms with Crippen molar-refractivity contribution in [2.24, 2.45) is 0 Å². The molecule has 0 saturated carbocycles. The molecule has 0 aromatic rings. The second-order valence-corrected chi connectivity index (χ2v) is 28.5. The lowest BCUT2D eigenvalue weighted by Gasteiger charge is -2.21. The summed E-state index contributed by atoms with van der Waals surface area (Å²) >= 11 is 0. The van der Waals surface area contributed by atoms with Crippen LogP contribution in [0.5, 0.6) is 0 Å². The molecule has 0 saturated heterocycles. The Balaban J connectivity index is 5.34. The number of ether oxygens (including phenoxy) is 4. The van der Waals surface area contributed by atoms with Crippen LogP contribution in [0.15, 0.2) is 72.9 Å². The van der Waals surface area contributed by atoms with Crippen LogP contribution < -0.4 is 0 Å². The van der Waals surface area contributed by atoms with Crippen LogP contribution in [-0.2, 0) is 65.4 Å². The fraction of sp³-hybridized carbons (Fsp3) is 0.792. The molecule has 3 N–H and O–H groups in total. The van der Waals surface area contributed by atoms with Crippen molar-refractivity contribution in [3.8, 4) is 0 Å². The first kappa shape index (κ1) is 92.5. The summed E-state index contributed by atoms with van der Waals surface area (Å²) in [6.07, 6.45) is 69.0. The van der Waals surface area contributed by atoms with E-state index >= 15 is 0 Å². The average molecular weight is 1400 g/mol. The van der Waals surface area contributed by atoms with Crippen molar-refractivity contribution in [2.75, 3.05) is 39.6 Å². The third kappa shape index (κ3) is 69.0. The lowest BCUT2D eigenvalue weighted by atomic mass is 10.0. The van der Waals surface area contributed by atoms with E-state index < -0.39 is 97.5 Å². The Morgan fingerprint density at radius 3 is 0.885 bits per heavy atom. The van der Waals surface area contributed by atoms with Gasteiger partial charge in [-0.25, -0.2) is 9.13 Å². The molecule has 0 fully saturated rings. The van der Waals surface area contributed by atoms with E-state index in [0.29, 0.717) is 32.1 Å². The van der Waals surface area contributed by atoms with Crippen LogP contribution in [0.4, 0.5) is 0 Å². The van der Waals surface area contributed by atoms with Gasteiger partial charge in [-0.3, -0.25) is 37.3 Å². The zero-order chi connectivity index (χ0) is 70.4. The molecular weight excluding hydrogens is 1260 g/mol. The van der Waals surface area contributed by atoms with Gasteiger partial charge in [-0.1, -0.05) is 293 Å². The molecular formula is C77H138O17P2. The second-order valence-electron chi connectivity index (χ2n) is 25.6. The van der Waals surface area contributed by atoms with E-state index in [4.69, 9.17) is 37.0 Å². The normalized spacial score (nSPS) is 14.4. The zero-order valence-electron chi connectivity index (χ0n) is 60.8. The van der Waals surface area contributed by atoms with Gasteiger partial charge >= 0.3 is 39.5 Å². The SMILES string of the molecule is CC/C=C\C/C=C\C/C=C\C/C=C\C/C=C\CCCC(=O)OCC(COP(=O)(O)OCC(O)COP(=O)(O)OCC(COC(=O)CCCCCCC/C=C\CCCCCCCC)OC(=O)CCCCCCCCCCCCCCC)OC(=O)CCCCCCCCCCCCC. The molecule has 0 aliphatic rings. The molecule has 0 bridgehead atoms. The summed E-state index contributed by atoms with van der Waals surface area (Å²) in [6.45, 7) is 4.72. The summed E-state index contributed by atoms with van der Waals surface area (Å²) < 4.78 is 68.4. The van der Waals surface area contributed by atoms with Gasteiger partial charge in [-0.05, 0) is 89.9 Å². The van der Waals surface area contributed by atoms with Gasteiger partial charge in [0.15, 0.2) is 12.2 Å².